The molecule has 0 aliphatic rings. The summed E-state index contributed by atoms with van der Waals surface area (Å²) in [5, 5.41) is 26.4. The average Bonchev–Trinajstić information content (AvgIpc) is 0.841. The number of benzene rings is 6. The van der Waals surface area contributed by atoms with E-state index in [1.165, 1.54) is 38.9 Å². The summed E-state index contributed by atoms with van der Waals surface area (Å²) in [7, 11) is 0. The molecule has 0 bridgehead atoms. The molecule has 8 rings (SSSR count). The van der Waals surface area contributed by atoms with E-state index in [9.17, 15) is 10.8 Å². The second-order valence-electron chi connectivity index (χ2n) is 25.3. The molecule has 4 radical (unpaired) electrons. The van der Waals surface area contributed by atoms with Gasteiger partial charge in [-0.2, -0.15) is 34.5 Å². The van der Waals surface area contributed by atoms with Crippen LogP contribution in [-0.2, 0) is 166 Å². The van der Waals surface area contributed by atoms with E-state index in [1.807, 2.05) is 178 Å². The van der Waals surface area contributed by atoms with Crippen molar-refractivity contribution in [2.45, 2.75) is 183 Å². The Bertz CT molecular complexity index is 3450. The molecule has 2 heterocycles. The van der Waals surface area contributed by atoms with Gasteiger partial charge in [-0.25, -0.2) is 0 Å². The Morgan fingerprint density at radius 1 is 0.354 bits per heavy atom. The van der Waals surface area contributed by atoms with Crippen molar-refractivity contribution in [1.29, 1.82) is 0 Å². The van der Waals surface area contributed by atoms with E-state index >= 15 is 0 Å². The first-order valence-corrected chi connectivity index (χ1v) is 28.5. The molecular formula is C81H110N10Re4W4-4. The van der Waals surface area contributed by atoms with E-state index in [0.29, 0.717) is 22.5 Å². The van der Waals surface area contributed by atoms with E-state index in [2.05, 4.69) is 137 Å². The summed E-state index contributed by atoms with van der Waals surface area (Å²) in [5.74, 6) is 0.799. The molecule has 0 unspecified atom stereocenters. The summed E-state index contributed by atoms with van der Waals surface area (Å²) < 4.78 is 0. The van der Waals surface area contributed by atoms with Crippen LogP contribution in [-0.4, -0.2) is 55.5 Å². The molecule has 0 saturated heterocycles. The van der Waals surface area contributed by atoms with Crippen LogP contribution in [0.5, 0.6) is 0 Å². The smallest absolute Gasteiger partial charge is 0.527 e. The number of pyridine rings is 2. The standard InChI is InChI=1S/2C19H22N2.2C18H21N3.3CH4.4CH3.4Re.4W/c2*1-13-8-6-7-9-16(13)17-11-10-15(12-14(17)2)18(20)21-19(3,4)5;2*1-12-8-6-7-9-15(12)16-13(2)10-14(11-20-16)17(19)21-18(3,4)5;;;;;;;;;;;;;;;/h2*6-11H,1-5H3,(H-,20,21);2*6-9,11H,1-5H3,(H-,19,21);3*1H4;4*1H3;;;;;;;;/q4*-2;;;;4*-1;;;;;4*+2. The molecule has 0 atom stereocenters. The van der Waals surface area contributed by atoms with Crippen LogP contribution in [0.2, 0.25) is 0 Å². The van der Waals surface area contributed by atoms with Crippen LogP contribution in [0.3, 0.4) is 0 Å². The molecule has 0 aliphatic carbocycles. The minimum absolute atomic E-state index is 0. The van der Waals surface area contributed by atoms with Gasteiger partial charge in [0.15, 0.2) is 0 Å². The number of aliphatic imine (C=N–C) groups is 2. The summed E-state index contributed by atoms with van der Waals surface area (Å²) in [6.45, 7) is 40.3. The SMILES string of the molecule is C.C.C.Cc1[c-]c(C(=[N-])NC(C)(C)C)ccc1-c1ccccc1C.Cc1[c-]c(C(=[N-])NC(C)(C)C)cnc1-c1ccccc1C.Cc1[c-]c(C([NH-])=NC(C)(C)C)ccc1-c1ccccc1C.Cc1[c-]c(C([NH-])=NC(C)(C)C)cnc1-c1ccccc1C.[CH3-].[CH3-].[CH3-].[CH3-].[Re].[Re].[Re].[Re].[W+2].[W+2].[W+2].[W+2]. The summed E-state index contributed by atoms with van der Waals surface area (Å²) in [6.07, 6.45) is 3.34. The first kappa shape index (κ1) is 120. The number of hydrogen-bond acceptors (Lipinski definition) is 4. The number of amidine groups is 4. The minimum atomic E-state index is -0.270. The summed E-state index contributed by atoms with van der Waals surface area (Å²) >= 11 is 0. The van der Waals surface area contributed by atoms with Crippen molar-refractivity contribution in [2.75, 3.05) is 0 Å². The van der Waals surface area contributed by atoms with Crippen molar-refractivity contribution in [3.63, 3.8) is 0 Å². The van der Waals surface area contributed by atoms with Crippen LogP contribution >= 0.6 is 0 Å². The Labute approximate surface area is 716 Å². The fourth-order valence-corrected chi connectivity index (χ4v) is 8.95. The van der Waals surface area contributed by atoms with Gasteiger partial charge in [-0.15, -0.1) is 81.9 Å². The van der Waals surface area contributed by atoms with Crippen molar-refractivity contribution in [1.82, 2.24) is 20.6 Å². The van der Waals surface area contributed by atoms with E-state index < -0.39 is 0 Å². The molecule has 540 valence electrons. The molecule has 8 aromatic rings. The number of aromatic nitrogens is 2. The molecule has 2 aromatic heterocycles. The maximum Gasteiger partial charge on any atom is 2.00 e. The molecule has 4 N–H and O–H groups in total. The topological polar surface area (TPSA) is 167 Å². The third-order valence-corrected chi connectivity index (χ3v) is 12.9. The maximum atomic E-state index is 10.2. The van der Waals surface area contributed by atoms with Crippen molar-refractivity contribution < 1.29 is 166 Å². The van der Waals surface area contributed by atoms with Crippen molar-refractivity contribution in [3.8, 4) is 44.8 Å². The van der Waals surface area contributed by atoms with Gasteiger partial charge in [0.25, 0.3) is 0 Å². The molecular weight excluding hydrogens is 2590 g/mol. The Kier molecular flexibility index (Phi) is 64.9. The first-order valence-electron chi connectivity index (χ1n) is 28.5. The average molecular weight is 2700 g/mol. The van der Waals surface area contributed by atoms with Gasteiger partial charge in [-0.1, -0.05) is 287 Å². The van der Waals surface area contributed by atoms with Crippen LogP contribution < -0.4 is 10.6 Å². The van der Waals surface area contributed by atoms with E-state index in [-0.39, 0.29) is 258 Å². The largest absolute Gasteiger partial charge is 2.00 e. The second-order valence-corrected chi connectivity index (χ2v) is 25.3. The zero-order valence-electron chi connectivity index (χ0n) is 60.5. The Morgan fingerprint density at radius 3 is 0.899 bits per heavy atom. The van der Waals surface area contributed by atoms with E-state index in [1.54, 1.807) is 12.4 Å². The third kappa shape index (κ3) is 39.0. The van der Waals surface area contributed by atoms with Crippen LogP contribution in [0, 0.1) is 109 Å². The normalized spacial score (nSPS) is 10.1. The summed E-state index contributed by atoms with van der Waals surface area (Å²) in [6, 6.07) is 53.9. The molecule has 18 heteroatoms. The maximum absolute atomic E-state index is 10.2. The van der Waals surface area contributed by atoms with Gasteiger partial charge >= 0.3 is 84.3 Å². The van der Waals surface area contributed by atoms with Crippen LogP contribution in [0.4, 0.5) is 0 Å². The third-order valence-electron chi connectivity index (χ3n) is 12.9. The molecule has 0 aliphatic heterocycles. The fourth-order valence-electron chi connectivity index (χ4n) is 8.95. The fraction of sp³-hybridized carbons (Fsp3) is 0.333. The number of rotatable bonds is 8. The van der Waals surface area contributed by atoms with Gasteiger partial charge in [0.2, 0.25) is 0 Å². The Hall–Kier alpha value is -3.10. The zero-order valence-corrected chi connectivity index (χ0v) is 83.1. The predicted molar refractivity (Wildman–Crippen MR) is 404 cm³/mol. The van der Waals surface area contributed by atoms with Gasteiger partial charge in [-0.3, -0.25) is 0 Å². The van der Waals surface area contributed by atoms with E-state index in [4.69, 9.17) is 11.5 Å². The molecule has 0 fully saturated rings. The van der Waals surface area contributed by atoms with Crippen molar-refractivity contribution >= 4 is 23.3 Å². The molecule has 6 aromatic carbocycles. The molecule has 99 heavy (non-hydrogen) atoms. The van der Waals surface area contributed by atoms with Gasteiger partial charge in [0.05, 0.1) is 0 Å². The number of aryl methyl sites for hydroxylation is 8. The number of nitrogens with one attached hydrogen (secondary N) is 4. The molecule has 0 saturated carbocycles. The summed E-state index contributed by atoms with van der Waals surface area (Å²) in [4.78, 5) is 17.8. The zero-order chi connectivity index (χ0) is 62.5. The second kappa shape index (κ2) is 53.6. The molecule has 0 spiro atoms. The summed E-state index contributed by atoms with van der Waals surface area (Å²) in [5.41, 5.74) is 35.5. The van der Waals surface area contributed by atoms with Gasteiger partial charge in [0.1, 0.15) is 0 Å². The molecule has 0 amide bonds. The van der Waals surface area contributed by atoms with Crippen LogP contribution in [0.25, 0.3) is 67.1 Å². The van der Waals surface area contributed by atoms with E-state index in [0.717, 1.165) is 55.9 Å². The van der Waals surface area contributed by atoms with Crippen LogP contribution in [0.15, 0.2) is 144 Å². The first-order chi connectivity index (χ1) is 39.1. The minimum Gasteiger partial charge on any atom is -0.527 e. The number of hydrogen-bond donors (Lipinski definition) is 2. The monoisotopic (exact) mass is 2710 g/mol. The Balaban J connectivity index is -0.000000110. The van der Waals surface area contributed by atoms with Crippen molar-refractivity contribution in [2.24, 2.45) is 9.98 Å². The van der Waals surface area contributed by atoms with Gasteiger partial charge in [0, 0.05) is 81.7 Å². The van der Waals surface area contributed by atoms with Crippen molar-refractivity contribution in [3.05, 3.63) is 277 Å². The van der Waals surface area contributed by atoms with Gasteiger partial charge < -0.3 is 82.6 Å². The quantitative estimate of drug-likeness (QED) is 0.0878. The van der Waals surface area contributed by atoms with Crippen LogP contribution in [0.1, 0.15) is 172 Å². The predicted octanol–water partition coefficient (Wildman–Crippen LogP) is 22.2. The number of nitrogens with zero attached hydrogens (tertiary/aromatic N) is 6. The Morgan fingerprint density at radius 2 is 0.606 bits per heavy atom. The molecule has 10 nitrogen and oxygen atoms in total. The van der Waals surface area contributed by atoms with Gasteiger partial charge in [-0.05, 0) is 72.4 Å².